The minimum absolute atomic E-state index is 0.0320. The number of rotatable bonds is 2. The Morgan fingerprint density at radius 1 is 1.71 bits per heavy atom. The molecule has 0 N–H and O–H groups in total. The highest BCUT2D eigenvalue weighted by Crippen LogP contribution is 2.29. The molecule has 0 radical (unpaired) electrons. The number of nitrogens with zero attached hydrogens (tertiary/aromatic N) is 3. The first-order valence-electron chi connectivity index (χ1n) is 4.05. The van der Waals surface area contributed by atoms with Crippen LogP contribution in [0.25, 0.3) is 0 Å². The average Bonchev–Trinajstić information content (AvgIpc) is 2.47. The van der Waals surface area contributed by atoms with Crippen LogP contribution in [0.4, 0.5) is 5.69 Å². The summed E-state index contributed by atoms with van der Waals surface area (Å²) >= 11 is 0. The van der Waals surface area contributed by atoms with Crippen LogP contribution in [0, 0.1) is 22.5 Å². The van der Waals surface area contributed by atoms with E-state index in [1.54, 1.807) is 20.9 Å². The van der Waals surface area contributed by atoms with E-state index >= 15 is 0 Å². The molecule has 0 spiro atoms. The standard InChI is InChI=1S/C9H11N3O2/c1-5-9(2,3)8-7(12(13)14)6-10-11(8)4/h1,6H,2-4H3. The second kappa shape index (κ2) is 3.14. The number of aryl methyl sites for hydroxylation is 1. The first-order valence-corrected chi connectivity index (χ1v) is 4.05. The van der Waals surface area contributed by atoms with Crippen molar-refractivity contribution in [1.29, 1.82) is 0 Å². The van der Waals surface area contributed by atoms with Gasteiger partial charge in [-0.15, -0.1) is 6.42 Å². The molecule has 1 heterocycles. The molecule has 0 fully saturated rings. The Hall–Kier alpha value is -1.83. The molecule has 0 unspecified atom stereocenters. The number of hydrogen-bond donors (Lipinski definition) is 0. The van der Waals surface area contributed by atoms with Gasteiger partial charge in [-0.2, -0.15) is 5.10 Å². The largest absolute Gasteiger partial charge is 0.311 e. The van der Waals surface area contributed by atoms with Gasteiger partial charge < -0.3 is 0 Å². The maximum Gasteiger partial charge on any atom is 0.311 e. The van der Waals surface area contributed by atoms with Crippen molar-refractivity contribution in [1.82, 2.24) is 9.78 Å². The summed E-state index contributed by atoms with van der Waals surface area (Å²) in [4.78, 5) is 10.2. The van der Waals surface area contributed by atoms with Crippen LogP contribution in [0.15, 0.2) is 6.20 Å². The van der Waals surface area contributed by atoms with E-state index in [-0.39, 0.29) is 5.69 Å². The van der Waals surface area contributed by atoms with Gasteiger partial charge >= 0.3 is 5.69 Å². The highest BCUT2D eigenvalue weighted by molar-refractivity contribution is 5.42. The molecule has 0 amide bonds. The van der Waals surface area contributed by atoms with Gasteiger partial charge in [-0.05, 0) is 13.8 Å². The predicted octanol–water partition coefficient (Wildman–Crippen LogP) is 1.24. The molecule has 0 bridgehead atoms. The molecule has 5 heteroatoms. The summed E-state index contributed by atoms with van der Waals surface area (Å²) in [5.41, 5.74) is -0.270. The lowest BCUT2D eigenvalue weighted by atomic mass is 9.89. The molecule has 0 saturated heterocycles. The van der Waals surface area contributed by atoms with Crippen LogP contribution in [-0.2, 0) is 12.5 Å². The van der Waals surface area contributed by atoms with Crippen molar-refractivity contribution in [3.63, 3.8) is 0 Å². The van der Waals surface area contributed by atoms with E-state index in [1.165, 1.54) is 10.9 Å². The zero-order valence-corrected chi connectivity index (χ0v) is 8.31. The van der Waals surface area contributed by atoms with Crippen molar-refractivity contribution in [3.8, 4) is 12.3 Å². The highest BCUT2D eigenvalue weighted by Gasteiger charge is 2.31. The molecule has 0 atom stereocenters. The average molecular weight is 193 g/mol. The van der Waals surface area contributed by atoms with Crippen LogP contribution in [0.5, 0.6) is 0 Å². The van der Waals surface area contributed by atoms with E-state index in [4.69, 9.17) is 6.42 Å². The third-order valence-electron chi connectivity index (χ3n) is 2.07. The summed E-state index contributed by atoms with van der Waals surface area (Å²) in [6, 6.07) is 0. The van der Waals surface area contributed by atoms with Gasteiger partial charge in [0.15, 0.2) is 0 Å². The van der Waals surface area contributed by atoms with Gasteiger partial charge in [-0.3, -0.25) is 14.8 Å². The molecular weight excluding hydrogens is 182 g/mol. The number of terminal acetylenes is 1. The SMILES string of the molecule is C#CC(C)(C)c1c([N+](=O)[O-])cnn1C. The molecule has 1 rings (SSSR count). The van der Waals surface area contributed by atoms with Crippen molar-refractivity contribution < 1.29 is 4.92 Å². The highest BCUT2D eigenvalue weighted by atomic mass is 16.6. The summed E-state index contributed by atoms with van der Waals surface area (Å²) in [7, 11) is 1.64. The van der Waals surface area contributed by atoms with Crippen LogP contribution < -0.4 is 0 Å². The Morgan fingerprint density at radius 3 is 2.71 bits per heavy atom. The van der Waals surface area contributed by atoms with Crippen LogP contribution in [-0.4, -0.2) is 14.7 Å². The summed E-state index contributed by atoms with van der Waals surface area (Å²) in [6.45, 7) is 3.49. The van der Waals surface area contributed by atoms with Crippen LogP contribution in [0.2, 0.25) is 0 Å². The van der Waals surface area contributed by atoms with E-state index in [0.29, 0.717) is 5.69 Å². The third-order valence-corrected chi connectivity index (χ3v) is 2.07. The van der Waals surface area contributed by atoms with Crippen LogP contribution >= 0.6 is 0 Å². The maximum absolute atomic E-state index is 10.7. The van der Waals surface area contributed by atoms with Gasteiger partial charge in [0.2, 0.25) is 0 Å². The molecule has 0 saturated carbocycles. The predicted molar refractivity (Wildman–Crippen MR) is 51.7 cm³/mol. The molecule has 74 valence electrons. The second-order valence-electron chi connectivity index (χ2n) is 3.53. The Balaban J connectivity index is 3.40. The van der Waals surface area contributed by atoms with E-state index in [1.807, 2.05) is 0 Å². The fraction of sp³-hybridized carbons (Fsp3) is 0.444. The fourth-order valence-corrected chi connectivity index (χ4v) is 1.35. The molecular formula is C9H11N3O2. The first-order chi connectivity index (χ1) is 6.40. The van der Waals surface area contributed by atoms with Gasteiger partial charge in [-0.25, -0.2) is 0 Å². The fourth-order valence-electron chi connectivity index (χ4n) is 1.35. The van der Waals surface area contributed by atoms with Crippen molar-refractivity contribution >= 4 is 5.69 Å². The number of hydrogen-bond acceptors (Lipinski definition) is 3. The van der Waals surface area contributed by atoms with Crippen molar-refractivity contribution in [2.45, 2.75) is 19.3 Å². The molecule has 0 aliphatic rings. The lowest BCUT2D eigenvalue weighted by Crippen LogP contribution is -2.20. The van der Waals surface area contributed by atoms with E-state index < -0.39 is 10.3 Å². The second-order valence-corrected chi connectivity index (χ2v) is 3.53. The van der Waals surface area contributed by atoms with E-state index in [2.05, 4.69) is 11.0 Å². The molecule has 1 aromatic heterocycles. The lowest BCUT2D eigenvalue weighted by molar-refractivity contribution is -0.386. The minimum atomic E-state index is -0.687. The molecule has 5 nitrogen and oxygen atoms in total. The quantitative estimate of drug-likeness (QED) is 0.403. The smallest absolute Gasteiger partial charge is 0.264 e. The molecule has 14 heavy (non-hydrogen) atoms. The number of nitro groups is 1. The molecule has 1 aromatic rings. The van der Waals surface area contributed by atoms with Crippen molar-refractivity contribution in [2.24, 2.45) is 7.05 Å². The third kappa shape index (κ3) is 1.46. The van der Waals surface area contributed by atoms with Crippen LogP contribution in [0.3, 0.4) is 0 Å². The zero-order valence-electron chi connectivity index (χ0n) is 8.31. The summed E-state index contributed by atoms with van der Waals surface area (Å²) in [5, 5.41) is 14.5. The molecule has 0 aromatic carbocycles. The Morgan fingerprint density at radius 2 is 2.29 bits per heavy atom. The monoisotopic (exact) mass is 193 g/mol. The minimum Gasteiger partial charge on any atom is -0.264 e. The van der Waals surface area contributed by atoms with E-state index in [0.717, 1.165) is 0 Å². The summed E-state index contributed by atoms with van der Waals surface area (Å²) < 4.78 is 1.44. The van der Waals surface area contributed by atoms with Gasteiger partial charge in [0, 0.05) is 7.05 Å². The Labute approximate surface area is 81.9 Å². The maximum atomic E-state index is 10.7. The Kier molecular flexibility index (Phi) is 2.30. The van der Waals surface area contributed by atoms with Gasteiger partial charge in [0.05, 0.1) is 10.3 Å². The van der Waals surface area contributed by atoms with Gasteiger partial charge in [-0.1, -0.05) is 5.92 Å². The number of aromatic nitrogens is 2. The Bertz CT molecular complexity index is 412. The van der Waals surface area contributed by atoms with Crippen molar-refractivity contribution in [2.75, 3.05) is 0 Å². The van der Waals surface area contributed by atoms with Gasteiger partial charge in [0.25, 0.3) is 0 Å². The van der Waals surface area contributed by atoms with Crippen molar-refractivity contribution in [3.05, 3.63) is 22.0 Å². The zero-order chi connectivity index (χ0) is 10.9. The topological polar surface area (TPSA) is 61.0 Å². The van der Waals surface area contributed by atoms with E-state index in [9.17, 15) is 10.1 Å². The molecule has 0 aliphatic carbocycles. The summed E-state index contributed by atoms with van der Waals surface area (Å²) in [5.74, 6) is 2.51. The van der Waals surface area contributed by atoms with Crippen LogP contribution in [0.1, 0.15) is 19.5 Å². The normalized spacial score (nSPS) is 11.0. The summed E-state index contributed by atoms with van der Waals surface area (Å²) in [6.07, 6.45) is 6.54. The van der Waals surface area contributed by atoms with Gasteiger partial charge in [0.1, 0.15) is 11.9 Å². The lowest BCUT2D eigenvalue weighted by Gasteiger charge is -2.16. The molecule has 0 aliphatic heterocycles. The first kappa shape index (κ1) is 10.3.